The van der Waals surface area contributed by atoms with Crippen molar-refractivity contribution < 1.29 is 14.3 Å². The maximum absolute atomic E-state index is 13.4. The van der Waals surface area contributed by atoms with E-state index in [9.17, 15) is 14.7 Å². The van der Waals surface area contributed by atoms with Crippen LogP contribution in [0, 0.1) is 6.92 Å². The lowest BCUT2D eigenvalue weighted by molar-refractivity contribution is -0.123. The van der Waals surface area contributed by atoms with Gasteiger partial charge in [0, 0.05) is 17.9 Å². The Kier molecular flexibility index (Phi) is 7.38. The number of imidazole rings is 1. The summed E-state index contributed by atoms with van der Waals surface area (Å²) in [6, 6.07) is 8.83. The second-order valence-corrected chi connectivity index (χ2v) is 10.7. The fourth-order valence-corrected chi connectivity index (χ4v) is 6.16. The van der Waals surface area contributed by atoms with Crippen LogP contribution in [0.15, 0.2) is 39.5 Å². The van der Waals surface area contributed by atoms with E-state index >= 15 is 0 Å². The lowest BCUT2D eigenvalue weighted by atomic mass is 9.75. The molecule has 9 heteroatoms. The number of rotatable bonds is 8. The number of benzene rings is 1. The van der Waals surface area contributed by atoms with Crippen LogP contribution >= 0.6 is 23.5 Å². The van der Waals surface area contributed by atoms with Gasteiger partial charge in [0.2, 0.25) is 17.1 Å². The Morgan fingerprint density at radius 3 is 2.85 bits per heavy atom. The van der Waals surface area contributed by atoms with E-state index in [1.807, 2.05) is 30.5 Å². The van der Waals surface area contributed by atoms with Gasteiger partial charge in [0.05, 0.1) is 17.1 Å². The molecule has 0 saturated carbocycles. The average molecular weight is 488 g/mol. The molecule has 33 heavy (non-hydrogen) atoms. The fourth-order valence-electron chi connectivity index (χ4n) is 4.41. The number of carbonyl (C=O) groups is 1. The Morgan fingerprint density at radius 2 is 2.12 bits per heavy atom. The molecule has 0 unspecified atom stereocenters. The predicted molar refractivity (Wildman–Crippen MR) is 134 cm³/mol. The maximum Gasteiger partial charge on any atom is 0.227 e. The molecule has 3 N–H and O–H groups in total. The number of nitrogens with one attached hydrogen (secondary N) is 2. The Balaban J connectivity index is 1.61. The van der Waals surface area contributed by atoms with E-state index < -0.39 is 10.8 Å². The second-order valence-electron chi connectivity index (χ2n) is 8.51. The first-order valence-electron chi connectivity index (χ1n) is 11.1. The van der Waals surface area contributed by atoms with Crippen molar-refractivity contribution in [2.24, 2.45) is 0 Å². The van der Waals surface area contributed by atoms with Gasteiger partial charge in [0.1, 0.15) is 11.6 Å². The molecule has 7 nitrogen and oxygen atoms in total. The first kappa shape index (κ1) is 23.8. The summed E-state index contributed by atoms with van der Waals surface area (Å²) in [6.07, 6.45) is 4.23. The van der Waals surface area contributed by atoms with Crippen LogP contribution < -0.4 is 10.7 Å². The summed E-state index contributed by atoms with van der Waals surface area (Å²) in [5.74, 6) is 3.44. The highest BCUT2D eigenvalue weighted by molar-refractivity contribution is 7.99. The van der Waals surface area contributed by atoms with Crippen molar-refractivity contribution in [2.45, 2.75) is 44.1 Å². The topological polar surface area (TPSA) is 108 Å². The normalized spacial score (nSPS) is 16.5. The van der Waals surface area contributed by atoms with Crippen molar-refractivity contribution in [1.29, 1.82) is 0 Å². The predicted octanol–water partition coefficient (Wildman–Crippen LogP) is 4.30. The van der Waals surface area contributed by atoms with Crippen LogP contribution in [0.1, 0.15) is 49.1 Å². The first-order chi connectivity index (χ1) is 15.9. The molecule has 1 saturated heterocycles. The number of aromatic amines is 1. The SMILES string of the molecule is CSCC[C@H](NC(=O)CC1(c2oc(C)cc(=O)c2O)CCSCC1)c1nc2ccccc2[nH]1. The fraction of sp³-hybridized carbons (Fsp3) is 0.458. The first-order valence-corrected chi connectivity index (χ1v) is 13.6. The molecule has 3 heterocycles. The summed E-state index contributed by atoms with van der Waals surface area (Å²) >= 11 is 3.52. The third kappa shape index (κ3) is 5.24. The number of H-pyrrole nitrogens is 1. The minimum atomic E-state index is -0.706. The molecule has 0 radical (unpaired) electrons. The molecule has 1 fully saturated rings. The molecule has 1 atom stereocenters. The summed E-state index contributed by atoms with van der Waals surface area (Å²) in [7, 11) is 0. The van der Waals surface area contributed by atoms with Gasteiger partial charge in [-0.05, 0) is 61.8 Å². The Bertz CT molecular complexity index is 1150. The monoisotopic (exact) mass is 487 g/mol. The molecule has 3 aromatic rings. The Labute approximate surface area is 201 Å². The van der Waals surface area contributed by atoms with Crippen LogP contribution in [0.4, 0.5) is 0 Å². The number of hydrogen-bond donors (Lipinski definition) is 3. The van der Waals surface area contributed by atoms with Gasteiger partial charge in [0.25, 0.3) is 0 Å². The number of aromatic nitrogens is 2. The summed E-state index contributed by atoms with van der Waals surface area (Å²) in [4.78, 5) is 33.7. The third-order valence-electron chi connectivity index (χ3n) is 6.16. The van der Waals surface area contributed by atoms with Crippen molar-refractivity contribution in [3.8, 4) is 5.75 Å². The van der Waals surface area contributed by atoms with Crippen LogP contribution in [0.5, 0.6) is 5.75 Å². The molecule has 0 aliphatic carbocycles. The van der Waals surface area contributed by atoms with Crippen molar-refractivity contribution in [3.63, 3.8) is 0 Å². The number of hydrogen-bond acceptors (Lipinski definition) is 7. The molecule has 0 spiro atoms. The van der Waals surface area contributed by atoms with Gasteiger partial charge in [-0.1, -0.05) is 12.1 Å². The van der Waals surface area contributed by atoms with E-state index in [0.717, 1.165) is 40.5 Å². The number of amides is 1. The van der Waals surface area contributed by atoms with Gasteiger partial charge in [0.15, 0.2) is 5.76 Å². The molecular formula is C24H29N3O4S2. The summed E-state index contributed by atoms with van der Waals surface area (Å²) < 4.78 is 5.87. The summed E-state index contributed by atoms with van der Waals surface area (Å²) in [5.41, 5.74) is 0.626. The highest BCUT2D eigenvalue weighted by atomic mass is 32.2. The molecule has 4 rings (SSSR count). The molecule has 1 amide bonds. The number of fused-ring (bicyclic) bond motifs is 1. The van der Waals surface area contributed by atoms with Crippen LogP contribution in [-0.2, 0) is 10.2 Å². The van der Waals surface area contributed by atoms with Crippen molar-refractivity contribution in [2.75, 3.05) is 23.5 Å². The smallest absolute Gasteiger partial charge is 0.227 e. The highest BCUT2D eigenvalue weighted by Gasteiger charge is 2.42. The zero-order valence-corrected chi connectivity index (χ0v) is 20.5. The maximum atomic E-state index is 13.4. The lowest BCUT2D eigenvalue weighted by Gasteiger charge is -2.36. The van der Waals surface area contributed by atoms with Crippen LogP contribution in [0.3, 0.4) is 0 Å². The van der Waals surface area contributed by atoms with Crippen molar-refractivity contribution in [1.82, 2.24) is 15.3 Å². The van der Waals surface area contributed by atoms with Gasteiger partial charge < -0.3 is 19.8 Å². The average Bonchev–Trinajstić information content (AvgIpc) is 3.23. The number of nitrogens with zero attached hydrogens (tertiary/aromatic N) is 1. The standard InChI is InChI=1S/C24H29N3O4S2/c1-15-13-19(28)21(30)22(31-15)24(8-11-33-12-9-24)14-20(29)25-18(7-10-32-2)23-26-16-5-3-4-6-17(16)27-23/h3-6,13,18,30H,7-12,14H2,1-2H3,(H,25,29)(H,26,27)/t18-/m0/s1. The van der Waals surface area contributed by atoms with Gasteiger partial charge >= 0.3 is 0 Å². The number of thioether (sulfide) groups is 2. The zero-order valence-electron chi connectivity index (χ0n) is 18.8. The Hall–Kier alpha value is -2.39. The quantitative estimate of drug-likeness (QED) is 0.435. The van der Waals surface area contributed by atoms with E-state index in [1.165, 1.54) is 6.07 Å². The third-order valence-corrected chi connectivity index (χ3v) is 7.79. The van der Waals surface area contributed by atoms with Gasteiger partial charge in [-0.2, -0.15) is 23.5 Å². The molecule has 176 valence electrons. The number of carbonyl (C=O) groups excluding carboxylic acids is 1. The number of aromatic hydroxyl groups is 1. The van der Waals surface area contributed by atoms with Gasteiger partial charge in [-0.15, -0.1) is 0 Å². The van der Waals surface area contributed by atoms with Gasteiger partial charge in [-0.3, -0.25) is 9.59 Å². The minimum Gasteiger partial charge on any atom is -0.502 e. The van der Waals surface area contributed by atoms with E-state index in [4.69, 9.17) is 9.40 Å². The lowest BCUT2D eigenvalue weighted by Crippen LogP contribution is -2.40. The highest BCUT2D eigenvalue weighted by Crippen LogP contribution is 2.44. The molecule has 0 bridgehead atoms. The van der Waals surface area contributed by atoms with E-state index in [2.05, 4.69) is 10.3 Å². The zero-order chi connectivity index (χ0) is 23.4. The Morgan fingerprint density at radius 1 is 1.36 bits per heavy atom. The molecule has 1 aliphatic rings. The largest absolute Gasteiger partial charge is 0.502 e. The molecular weight excluding hydrogens is 458 g/mol. The van der Waals surface area contributed by atoms with E-state index in [-0.39, 0.29) is 29.9 Å². The van der Waals surface area contributed by atoms with Crippen LogP contribution in [0.25, 0.3) is 11.0 Å². The number of aryl methyl sites for hydroxylation is 1. The van der Waals surface area contributed by atoms with Crippen molar-refractivity contribution >= 4 is 40.5 Å². The summed E-state index contributed by atoms with van der Waals surface area (Å²) in [6.45, 7) is 1.69. The van der Waals surface area contributed by atoms with Crippen molar-refractivity contribution in [3.05, 3.63) is 57.9 Å². The number of para-hydroxylation sites is 2. The second kappa shape index (κ2) is 10.3. The van der Waals surface area contributed by atoms with Crippen LogP contribution in [0.2, 0.25) is 0 Å². The molecule has 1 aromatic carbocycles. The minimum absolute atomic E-state index is 0.142. The molecule has 1 aliphatic heterocycles. The van der Waals surface area contributed by atoms with E-state index in [0.29, 0.717) is 18.6 Å². The van der Waals surface area contributed by atoms with E-state index in [1.54, 1.807) is 30.4 Å². The van der Waals surface area contributed by atoms with Crippen LogP contribution in [-0.4, -0.2) is 44.5 Å². The molecule has 2 aromatic heterocycles. The van der Waals surface area contributed by atoms with Gasteiger partial charge in [-0.25, -0.2) is 4.98 Å². The summed E-state index contributed by atoms with van der Waals surface area (Å²) in [5, 5.41) is 13.7.